The van der Waals surface area contributed by atoms with Crippen LogP contribution in [0.15, 0.2) is 53.6 Å². The fraction of sp³-hybridized carbons (Fsp3) is 0.250. The van der Waals surface area contributed by atoms with Gasteiger partial charge in [-0.25, -0.2) is 0 Å². The van der Waals surface area contributed by atoms with Gasteiger partial charge in [-0.2, -0.15) is 13.2 Å². The lowest BCUT2D eigenvalue weighted by Crippen LogP contribution is -2.24. The quantitative estimate of drug-likeness (QED) is 0.819. The standard InChI is InChI=1S/C16H14F3N/c17-16(18,19)15-4-2-1-3-14(15)12-5-6-13-10-20-8-7-11(13)9-12/h1-7,20H,8-10H2. The number of fused-ring (bicyclic) bond motifs is 1. The van der Waals surface area contributed by atoms with Crippen LogP contribution in [0.2, 0.25) is 0 Å². The molecule has 0 saturated carbocycles. The molecule has 0 aromatic heterocycles. The average Bonchev–Trinajstić information content (AvgIpc) is 2.46. The second kappa shape index (κ2) is 4.94. The predicted molar refractivity (Wildman–Crippen MR) is 73.1 cm³/mol. The lowest BCUT2D eigenvalue weighted by molar-refractivity contribution is -0.137. The minimum absolute atomic E-state index is 0.287. The minimum Gasteiger partial charge on any atom is -0.309 e. The number of rotatable bonds is 1. The highest BCUT2D eigenvalue weighted by Gasteiger charge is 2.34. The van der Waals surface area contributed by atoms with Crippen LogP contribution in [0.1, 0.15) is 17.5 Å². The summed E-state index contributed by atoms with van der Waals surface area (Å²) in [4.78, 5) is 0. The van der Waals surface area contributed by atoms with Crippen molar-refractivity contribution < 1.29 is 13.2 Å². The van der Waals surface area contributed by atoms with Gasteiger partial charge < -0.3 is 5.32 Å². The largest absolute Gasteiger partial charge is 0.416 e. The fourth-order valence-corrected chi connectivity index (χ4v) is 2.66. The number of hydrogen-bond acceptors (Lipinski definition) is 1. The smallest absolute Gasteiger partial charge is 0.309 e. The van der Waals surface area contributed by atoms with Gasteiger partial charge in [0.2, 0.25) is 0 Å². The fourth-order valence-electron chi connectivity index (χ4n) is 2.66. The molecule has 1 aromatic rings. The Bertz CT molecular complexity index is 621. The van der Waals surface area contributed by atoms with Crippen LogP contribution in [-0.2, 0) is 6.18 Å². The Balaban J connectivity index is 2.03. The van der Waals surface area contributed by atoms with Gasteiger partial charge in [0.25, 0.3) is 0 Å². The van der Waals surface area contributed by atoms with Gasteiger partial charge in [-0.05, 0) is 34.8 Å². The molecule has 0 unspecified atom stereocenters. The van der Waals surface area contributed by atoms with E-state index in [2.05, 4.69) is 11.4 Å². The van der Waals surface area contributed by atoms with Crippen LogP contribution in [0.3, 0.4) is 0 Å². The van der Waals surface area contributed by atoms with E-state index in [1.165, 1.54) is 11.6 Å². The lowest BCUT2D eigenvalue weighted by Gasteiger charge is -2.24. The van der Waals surface area contributed by atoms with Crippen LogP contribution in [-0.4, -0.2) is 13.1 Å². The van der Waals surface area contributed by atoms with Crippen molar-refractivity contribution in [1.29, 1.82) is 0 Å². The number of benzene rings is 1. The normalized spacial score (nSPS) is 18.9. The van der Waals surface area contributed by atoms with Gasteiger partial charge in [-0.1, -0.05) is 36.4 Å². The third-order valence-electron chi connectivity index (χ3n) is 3.67. The third-order valence-corrected chi connectivity index (χ3v) is 3.67. The molecule has 1 N–H and O–H groups in total. The first-order valence-corrected chi connectivity index (χ1v) is 6.52. The Morgan fingerprint density at radius 2 is 1.70 bits per heavy atom. The number of alkyl halides is 3. The van der Waals surface area contributed by atoms with Crippen LogP contribution in [0.25, 0.3) is 5.57 Å². The van der Waals surface area contributed by atoms with Gasteiger partial charge in [0.05, 0.1) is 5.56 Å². The van der Waals surface area contributed by atoms with Crippen molar-refractivity contribution >= 4 is 5.57 Å². The first-order chi connectivity index (χ1) is 9.55. The van der Waals surface area contributed by atoms with Crippen molar-refractivity contribution in [2.75, 3.05) is 13.1 Å². The van der Waals surface area contributed by atoms with Gasteiger partial charge in [-0.3, -0.25) is 0 Å². The molecule has 1 aliphatic carbocycles. The van der Waals surface area contributed by atoms with Crippen LogP contribution >= 0.6 is 0 Å². The van der Waals surface area contributed by atoms with Crippen molar-refractivity contribution in [1.82, 2.24) is 5.32 Å². The number of allylic oxidation sites excluding steroid dienone is 3. The highest BCUT2D eigenvalue weighted by atomic mass is 19.4. The summed E-state index contributed by atoms with van der Waals surface area (Å²) < 4.78 is 39.2. The molecule has 1 nitrogen and oxygen atoms in total. The van der Waals surface area contributed by atoms with Gasteiger partial charge in [0, 0.05) is 13.1 Å². The maximum absolute atomic E-state index is 13.1. The molecular weight excluding hydrogens is 263 g/mol. The van der Waals surface area contributed by atoms with E-state index >= 15 is 0 Å². The molecule has 20 heavy (non-hydrogen) atoms. The molecule has 1 aliphatic heterocycles. The molecule has 1 heterocycles. The zero-order valence-corrected chi connectivity index (χ0v) is 10.8. The van der Waals surface area contributed by atoms with Crippen molar-refractivity contribution in [2.45, 2.75) is 12.6 Å². The van der Waals surface area contributed by atoms with Crippen LogP contribution in [0.4, 0.5) is 13.2 Å². The highest BCUT2D eigenvalue weighted by molar-refractivity contribution is 5.75. The maximum Gasteiger partial charge on any atom is 0.416 e. The summed E-state index contributed by atoms with van der Waals surface area (Å²) in [5.74, 6) is 0. The monoisotopic (exact) mass is 277 g/mol. The zero-order valence-electron chi connectivity index (χ0n) is 10.8. The summed E-state index contributed by atoms with van der Waals surface area (Å²) in [6, 6.07) is 5.78. The topological polar surface area (TPSA) is 12.0 Å². The van der Waals surface area contributed by atoms with Crippen LogP contribution in [0.5, 0.6) is 0 Å². The Labute approximate surface area is 115 Å². The Hall–Kier alpha value is -1.81. The summed E-state index contributed by atoms with van der Waals surface area (Å²) in [5.41, 5.74) is 2.77. The molecule has 0 bridgehead atoms. The van der Waals surface area contributed by atoms with Crippen molar-refractivity contribution in [3.8, 4) is 0 Å². The second-order valence-corrected chi connectivity index (χ2v) is 4.96. The molecule has 2 aliphatic rings. The van der Waals surface area contributed by atoms with E-state index in [1.54, 1.807) is 12.1 Å². The van der Waals surface area contributed by atoms with E-state index < -0.39 is 11.7 Å². The molecule has 0 spiro atoms. The summed E-state index contributed by atoms with van der Waals surface area (Å²) in [7, 11) is 0. The van der Waals surface area contributed by atoms with E-state index in [-0.39, 0.29) is 5.56 Å². The zero-order chi connectivity index (χ0) is 14.2. The van der Waals surface area contributed by atoms with Gasteiger partial charge in [-0.15, -0.1) is 0 Å². The SMILES string of the molecule is FC(F)(F)c1ccccc1C1=CC=C2CNCC=C2C1. The van der Waals surface area contributed by atoms with Crippen LogP contribution < -0.4 is 5.32 Å². The second-order valence-electron chi connectivity index (χ2n) is 4.96. The van der Waals surface area contributed by atoms with E-state index in [4.69, 9.17) is 0 Å². The lowest BCUT2D eigenvalue weighted by atomic mass is 9.86. The first kappa shape index (κ1) is 13.2. The predicted octanol–water partition coefficient (Wildman–Crippen LogP) is 3.95. The third kappa shape index (κ3) is 2.43. The molecule has 104 valence electrons. The average molecular weight is 277 g/mol. The summed E-state index contributed by atoms with van der Waals surface area (Å²) in [6.45, 7) is 1.57. The Kier molecular flexibility index (Phi) is 3.26. The number of hydrogen-bond donors (Lipinski definition) is 1. The van der Waals surface area contributed by atoms with Gasteiger partial charge in [0.15, 0.2) is 0 Å². The molecule has 0 amide bonds. The van der Waals surface area contributed by atoms with Crippen molar-refractivity contribution in [3.05, 3.63) is 64.8 Å². The van der Waals surface area contributed by atoms with Crippen molar-refractivity contribution in [3.63, 3.8) is 0 Å². The molecule has 0 saturated heterocycles. The minimum atomic E-state index is -4.32. The van der Waals surface area contributed by atoms with Gasteiger partial charge in [0.1, 0.15) is 0 Å². The molecule has 0 radical (unpaired) electrons. The van der Waals surface area contributed by atoms with Gasteiger partial charge >= 0.3 is 6.18 Å². The van der Waals surface area contributed by atoms with Crippen LogP contribution in [0, 0.1) is 0 Å². The molecule has 3 rings (SSSR count). The first-order valence-electron chi connectivity index (χ1n) is 6.52. The van der Waals surface area contributed by atoms with E-state index in [9.17, 15) is 13.2 Å². The maximum atomic E-state index is 13.1. The molecular formula is C16H14F3N. The number of halogens is 3. The molecule has 4 heteroatoms. The molecule has 0 atom stereocenters. The van der Waals surface area contributed by atoms with E-state index in [0.29, 0.717) is 6.42 Å². The summed E-state index contributed by atoms with van der Waals surface area (Å²) in [5, 5.41) is 3.22. The summed E-state index contributed by atoms with van der Waals surface area (Å²) in [6.07, 6.45) is 2.04. The molecule has 1 aromatic carbocycles. The Morgan fingerprint density at radius 1 is 0.950 bits per heavy atom. The highest BCUT2D eigenvalue weighted by Crippen LogP contribution is 2.39. The van der Waals surface area contributed by atoms with E-state index in [1.807, 2.05) is 12.2 Å². The Morgan fingerprint density at radius 3 is 2.50 bits per heavy atom. The van der Waals surface area contributed by atoms with E-state index in [0.717, 1.165) is 30.3 Å². The number of nitrogens with one attached hydrogen (secondary N) is 1. The van der Waals surface area contributed by atoms with Crippen molar-refractivity contribution in [2.24, 2.45) is 0 Å². The molecule has 0 fully saturated rings. The summed E-state index contributed by atoms with van der Waals surface area (Å²) >= 11 is 0.